The van der Waals surface area contributed by atoms with E-state index in [-0.39, 0.29) is 17.9 Å². The molecule has 0 atom stereocenters. The molecule has 1 amide bonds. The van der Waals surface area contributed by atoms with E-state index in [0.717, 1.165) is 17.1 Å². The monoisotopic (exact) mass is 326 g/mol. The lowest BCUT2D eigenvalue weighted by Gasteiger charge is -2.19. The maximum Gasteiger partial charge on any atom is 0.243 e. The van der Waals surface area contributed by atoms with Crippen LogP contribution in [0.3, 0.4) is 0 Å². The van der Waals surface area contributed by atoms with E-state index in [0.29, 0.717) is 6.61 Å². The Labute approximate surface area is 144 Å². The number of rotatable bonds is 6. The molecule has 0 bridgehead atoms. The summed E-state index contributed by atoms with van der Waals surface area (Å²) < 4.78 is 5.39. The van der Waals surface area contributed by atoms with E-state index in [2.05, 4.69) is 43.5 Å². The second-order valence-electron chi connectivity index (χ2n) is 6.69. The summed E-state index contributed by atoms with van der Waals surface area (Å²) in [7, 11) is 0. The first kappa shape index (κ1) is 17.9. The molecule has 0 heterocycles. The minimum atomic E-state index is -0.0765. The van der Waals surface area contributed by atoms with Crippen LogP contribution in [-0.2, 0) is 10.2 Å². The highest BCUT2D eigenvalue weighted by Gasteiger charge is 2.13. The van der Waals surface area contributed by atoms with E-state index in [1.54, 1.807) is 0 Å². The molecule has 0 radical (unpaired) electrons. The van der Waals surface area contributed by atoms with E-state index in [4.69, 9.17) is 4.74 Å². The average molecular weight is 326 g/mol. The van der Waals surface area contributed by atoms with Gasteiger partial charge in [0, 0.05) is 11.4 Å². The van der Waals surface area contributed by atoms with Gasteiger partial charge in [-0.15, -0.1) is 0 Å². The fourth-order valence-corrected chi connectivity index (χ4v) is 2.28. The van der Waals surface area contributed by atoms with Crippen molar-refractivity contribution in [2.75, 3.05) is 23.8 Å². The Morgan fingerprint density at radius 2 is 1.54 bits per heavy atom. The van der Waals surface area contributed by atoms with Gasteiger partial charge in [0.25, 0.3) is 0 Å². The first-order chi connectivity index (χ1) is 11.4. The van der Waals surface area contributed by atoms with Crippen LogP contribution in [0.2, 0.25) is 0 Å². The number of benzene rings is 2. The topological polar surface area (TPSA) is 50.4 Å². The lowest BCUT2D eigenvalue weighted by molar-refractivity contribution is -0.114. The second-order valence-corrected chi connectivity index (χ2v) is 6.69. The summed E-state index contributed by atoms with van der Waals surface area (Å²) >= 11 is 0. The molecule has 0 saturated carbocycles. The second kappa shape index (κ2) is 7.86. The summed E-state index contributed by atoms with van der Waals surface area (Å²) in [6.45, 7) is 9.31. The molecule has 0 aliphatic rings. The van der Waals surface area contributed by atoms with Crippen LogP contribution in [0.5, 0.6) is 5.75 Å². The van der Waals surface area contributed by atoms with Crippen LogP contribution in [0.1, 0.15) is 33.3 Å². The van der Waals surface area contributed by atoms with Crippen molar-refractivity contribution in [3.05, 3.63) is 54.1 Å². The lowest BCUT2D eigenvalue weighted by Crippen LogP contribution is -2.21. The molecular weight excluding hydrogens is 300 g/mol. The van der Waals surface area contributed by atoms with E-state index in [9.17, 15) is 4.79 Å². The minimum absolute atomic E-state index is 0.0765. The molecule has 2 N–H and O–H groups in total. The fraction of sp³-hybridized carbons (Fsp3) is 0.350. The van der Waals surface area contributed by atoms with Gasteiger partial charge in [0.1, 0.15) is 5.75 Å². The van der Waals surface area contributed by atoms with Gasteiger partial charge in [0.15, 0.2) is 0 Å². The maximum absolute atomic E-state index is 12.0. The number of hydrogen-bond acceptors (Lipinski definition) is 3. The Morgan fingerprint density at radius 1 is 0.958 bits per heavy atom. The number of nitrogens with one attached hydrogen (secondary N) is 2. The number of carbonyl (C=O) groups is 1. The number of anilines is 2. The zero-order valence-corrected chi connectivity index (χ0v) is 14.8. The van der Waals surface area contributed by atoms with Crippen molar-refractivity contribution in [2.24, 2.45) is 0 Å². The highest BCUT2D eigenvalue weighted by Crippen LogP contribution is 2.23. The quantitative estimate of drug-likeness (QED) is 0.825. The van der Waals surface area contributed by atoms with Crippen molar-refractivity contribution in [2.45, 2.75) is 33.1 Å². The summed E-state index contributed by atoms with van der Waals surface area (Å²) in [6.07, 6.45) is 0. The molecule has 2 aromatic rings. The molecule has 4 heteroatoms. The maximum atomic E-state index is 12.0. The van der Waals surface area contributed by atoms with Gasteiger partial charge in [-0.3, -0.25) is 4.79 Å². The van der Waals surface area contributed by atoms with Gasteiger partial charge in [-0.25, -0.2) is 0 Å². The molecule has 0 saturated heterocycles. The van der Waals surface area contributed by atoms with Crippen LogP contribution in [0.4, 0.5) is 11.4 Å². The smallest absolute Gasteiger partial charge is 0.243 e. The summed E-state index contributed by atoms with van der Waals surface area (Å²) in [6, 6.07) is 15.5. The predicted octanol–water partition coefficient (Wildman–Crippen LogP) is 4.43. The Morgan fingerprint density at radius 3 is 2.08 bits per heavy atom. The van der Waals surface area contributed by atoms with Crippen molar-refractivity contribution < 1.29 is 9.53 Å². The molecule has 2 aromatic carbocycles. The zero-order chi connectivity index (χ0) is 17.6. The molecule has 0 unspecified atom stereocenters. The first-order valence-corrected chi connectivity index (χ1v) is 8.25. The van der Waals surface area contributed by atoms with Gasteiger partial charge in [-0.05, 0) is 54.3 Å². The van der Waals surface area contributed by atoms with E-state index in [1.807, 2.05) is 43.3 Å². The fourth-order valence-electron chi connectivity index (χ4n) is 2.28. The molecular formula is C20H26N2O2. The van der Waals surface area contributed by atoms with Crippen molar-refractivity contribution in [3.8, 4) is 5.75 Å². The lowest BCUT2D eigenvalue weighted by atomic mass is 9.87. The van der Waals surface area contributed by atoms with Crippen LogP contribution in [0.25, 0.3) is 0 Å². The molecule has 0 fully saturated rings. The largest absolute Gasteiger partial charge is 0.494 e. The summed E-state index contributed by atoms with van der Waals surface area (Å²) in [5.41, 5.74) is 3.05. The molecule has 0 aliphatic carbocycles. The highest BCUT2D eigenvalue weighted by molar-refractivity contribution is 5.93. The molecule has 24 heavy (non-hydrogen) atoms. The van der Waals surface area contributed by atoms with Crippen LogP contribution >= 0.6 is 0 Å². The highest BCUT2D eigenvalue weighted by atomic mass is 16.5. The molecule has 0 aliphatic heterocycles. The van der Waals surface area contributed by atoms with Crippen LogP contribution in [-0.4, -0.2) is 19.1 Å². The SMILES string of the molecule is CCOc1ccc(NCC(=O)Nc2ccc(C(C)(C)C)cc2)cc1. The van der Waals surface area contributed by atoms with Gasteiger partial charge in [-0.1, -0.05) is 32.9 Å². The van der Waals surface area contributed by atoms with Crippen LogP contribution in [0.15, 0.2) is 48.5 Å². The molecule has 2 rings (SSSR count). The number of hydrogen-bond donors (Lipinski definition) is 2. The molecule has 0 aromatic heterocycles. The van der Waals surface area contributed by atoms with Gasteiger partial charge in [-0.2, -0.15) is 0 Å². The van der Waals surface area contributed by atoms with Gasteiger partial charge in [0.05, 0.1) is 13.2 Å². The number of ether oxygens (including phenoxy) is 1. The van der Waals surface area contributed by atoms with E-state index < -0.39 is 0 Å². The third-order valence-corrected chi connectivity index (χ3v) is 3.65. The summed E-state index contributed by atoms with van der Waals surface area (Å²) in [5.74, 6) is 0.749. The summed E-state index contributed by atoms with van der Waals surface area (Å²) in [4.78, 5) is 12.0. The van der Waals surface area contributed by atoms with Gasteiger partial charge < -0.3 is 15.4 Å². The van der Waals surface area contributed by atoms with E-state index >= 15 is 0 Å². The Hall–Kier alpha value is -2.49. The van der Waals surface area contributed by atoms with Crippen molar-refractivity contribution in [1.82, 2.24) is 0 Å². The molecule has 0 spiro atoms. The van der Waals surface area contributed by atoms with Crippen molar-refractivity contribution in [3.63, 3.8) is 0 Å². The Bertz CT molecular complexity index is 656. The number of amides is 1. The third kappa shape index (κ3) is 5.30. The van der Waals surface area contributed by atoms with Crippen molar-refractivity contribution in [1.29, 1.82) is 0 Å². The first-order valence-electron chi connectivity index (χ1n) is 8.25. The average Bonchev–Trinajstić information content (AvgIpc) is 2.54. The van der Waals surface area contributed by atoms with Gasteiger partial charge in [0.2, 0.25) is 5.91 Å². The Balaban J connectivity index is 1.84. The molecule has 128 valence electrons. The normalized spacial score (nSPS) is 11.0. The van der Waals surface area contributed by atoms with E-state index in [1.165, 1.54) is 5.56 Å². The number of carbonyl (C=O) groups excluding carboxylic acids is 1. The molecule has 4 nitrogen and oxygen atoms in total. The van der Waals surface area contributed by atoms with Crippen LogP contribution in [0, 0.1) is 0 Å². The third-order valence-electron chi connectivity index (χ3n) is 3.65. The summed E-state index contributed by atoms with van der Waals surface area (Å²) in [5, 5.41) is 6.00. The predicted molar refractivity (Wildman–Crippen MR) is 99.9 cm³/mol. The standard InChI is InChI=1S/C20H26N2O2/c1-5-24-18-12-10-16(11-13-18)21-14-19(23)22-17-8-6-15(7-9-17)20(2,3)4/h6-13,21H,5,14H2,1-4H3,(H,22,23). The Kier molecular flexibility index (Phi) is 5.85. The van der Waals surface area contributed by atoms with Crippen molar-refractivity contribution >= 4 is 17.3 Å². The minimum Gasteiger partial charge on any atom is -0.494 e. The van der Waals surface area contributed by atoms with Crippen LogP contribution < -0.4 is 15.4 Å². The zero-order valence-electron chi connectivity index (χ0n) is 14.8. The van der Waals surface area contributed by atoms with Gasteiger partial charge >= 0.3 is 0 Å².